The Labute approximate surface area is 98.7 Å². The SMILES string of the molecule is O=C(CF)Oc1cccc(-c2ccccc2)c1. The van der Waals surface area contributed by atoms with Gasteiger partial charge in [0, 0.05) is 0 Å². The normalized spacial score (nSPS) is 9.94. The zero-order valence-corrected chi connectivity index (χ0v) is 9.10. The monoisotopic (exact) mass is 230 g/mol. The lowest BCUT2D eigenvalue weighted by Gasteiger charge is -2.05. The van der Waals surface area contributed by atoms with Crippen LogP contribution in [-0.4, -0.2) is 12.6 Å². The van der Waals surface area contributed by atoms with E-state index in [4.69, 9.17) is 4.74 Å². The fourth-order valence-electron chi connectivity index (χ4n) is 1.53. The van der Waals surface area contributed by atoms with Gasteiger partial charge in [-0.3, -0.25) is 0 Å². The van der Waals surface area contributed by atoms with Crippen LogP contribution in [0.1, 0.15) is 0 Å². The van der Waals surface area contributed by atoms with E-state index in [1.165, 1.54) is 0 Å². The molecule has 0 fully saturated rings. The van der Waals surface area contributed by atoms with Crippen LogP contribution in [0.3, 0.4) is 0 Å². The number of benzene rings is 2. The van der Waals surface area contributed by atoms with Gasteiger partial charge in [-0.15, -0.1) is 0 Å². The molecule has 0 amide bonds. The summed E-state index contributed by atoms with van der Waals surface area (Å²) in [7, 11) is 0. The molecule has 2 rings (SSSR count). The highest BCUT2D eigenvalue weighted by Gasteiger charge is 2.04. The fourth-order valence-corrected chi connectivity index (χ4v) is 1.53. The summed E-state index contributed by atoms with van der Waals surface area (Å²) in [5, 5.41) is 0. The lowest BCUT2D eigenvalue weighted by Crippen LogP contribution is -2.09. The third kappa shape index (κ3) is 2.91. The minimum absolute atomic E-state index is 0.356. The fraction of sp³-hybridized carbons (Fsp3) is 0.0714. The van der Waals surface area contributed by atoms with Crippen LogP contribution in [0.2, 0.25) is 0 Å². The van der Waals surface area contributed by atoms with Crippen LogP contribution < -0.4 is 4.74 Å². The van der Waals surface area contributed by atoms with Gasteiger partial charge in [0.25, 0.3) is 0 Å². The van der Waals surface area contributed by atoms with Gasteiger partial charge in [0.15, 0.2) is 6.67 Å². The number of hydrogen-bond acceptors (Lipinski definition) is 2. The number of carbonyl (C=O) groups is 1. The maximum atomic E-state index is 12.0. The minimum Gasteiger partial charge on any atom is -0.425 e. The maximum absolute atomic E-state index is 12.0. The number of esters is 1. The largest absolute Gasteiger partial charge is 0.425 e. The number of rotatable bonds is 3. The van der Waals surface area contributed by atoms with Gasteiger partial charge in [-0.05, 0) is 23.3 Å². The van der Waals surface area contributed by atoms with E-state index in [0.717, 1.165) is 11.1 Å². The highest BCUT2D eigenvalue weighted by molar-refractivity contribution is 5.74. The number of hydrogen-bond donors (Lipinski definition) is 0. The van der Waals surface area contributed by atoms with E-state index >= 15 is 0 Å². The number of carbonyl (C=O) groups excluding carboxylic acids is 1. The summed E-state index contributed by atoms with van der Waals surface area (Å²) in [6.45, 7) is -1.12. The molecule has 0 spiro atoms. The Morgan fingerprint density at radius 1 is 1.00 bits per heavy atom. The van der Waals surface area contributed by atoms with Crippen LogP contribution in [0.4, 0.5) is 4.39 Å². The van der Waals surface area contributed by atoms with E-state index in [1.54, 1.807) is 18.2 Å². The molecule has 0 aromatic heterocycles. The topological polar surface area (TPSA) is 26.3 Å². The molecule has 0 aliphatic heterocycles. The van der Waals surface area contributed by atoms with Gasteiger partial charge in [-0.2, -0.15) is 0 Å². The smallest absolute Gasteiger partial charge is 0.342 e. The van der Waals surface area contributed by atoms with E-state index in [0.29, 0.717) is 5.75 Å². The summed E-state index contributed by atoms with van der Waals surface area (Å²) in [5.41, 5.74) is 1.94. The second-order valence-electron chi connectivity index (χ2n) is 3.50. The third-order valence-corrected chi connectivity index (χ3v) is 2.28. The van der Waals surface area contributed by atoms with Gasteiger partial charge in [-0.25, -0.2) is 9.18 Å². The molecule has 0 unspecified atom stereocenters. The maximum Gasteiger partial charge on any atom is 0.342 e. The first kappa shape index (κ1) is 11.3. The Hall–Kier alpha value is -2.16. The number of alkyl halides is 1. The summed E-state index contributed by atoms with van der Waals surface area (Å²) in [5.74, 6) is -0.524. The molecule has 0 aliphatic rings. The van der Waals surface area contributed by atoms with Gasteiger partial charge in [0.2, 0.25) is 0 Å². The third-order valence-electron chi connectivity index (χ3n) is 2.28. The van der Waals surface area contributed by atoms with Crippen molar-refractivity contribution in [2.24, 2.45) is 0 Å². The molecule has 0 heterocycles. The van der Waals surface area contributed by atoms with Gasteiger partial charge >= 0.3 is 5.97 Å². The predicted octanol–water partition coefficient (Wildman–Crippen LogP) is 3.23. The van der Waals surface area contributed by atoms with Crippen LogP contribution in [0.25, 0.3) is 11.1 Å². The quantitative estimate of drug-likeness (QED) is 0.597. The van der Waals surface area contributed by atoms with Crippen LogP contribution in [0.5, 0.6) is 5.75 Å². The van der Waals surface area contributed by atoms with E-state index in [9.17, 15) is 9.18 Å². The summed E-state index contributed by atoms with van der Waals surface area (Å²) < 4.78 is 16.8. The number of ether oxygens (including phenoxy) is 1. The second kappa shape index (κ2) is 5.25. The highest BCUT2D eigenvalue weighted by Crippen LogP contribution is 2.23. The Morgan fingerprint density at radius 2 is 1.71 bits per heavy atom. The van der Waals surface area contributed by atoms with E-state index in [2.05, 4.69) is 0 Å². The van der Waals surface area contributed by atoms with Crippen molar-refractivity contribution in [1.29, 1.82) is 0 Å². The average molecular weight is 230 g/mol. The molecule has 86 valence electrons. The zero-order valence-electron chi connectivity index (χ0n) is 9.10. The van der Waals surface area contributed by atoms with E-state index in [1.807, 2.05) is 36.4 Å². The van der Waals surface area contributed by atoms with Crippen molar-refractivity contribution >= 4 is 5.97 Å². The number of halogens is 1. The van der Waals surface area contributed by atoms with Gasteiger partial charge < -0.3 is 4.74 Å². The Bertz CT molecular complexity index is 509. The van der Waals surface area contributed by atoms with Crippen LogP contribution in [0, 0.1) is 0 Å². The van der Waals surface area contributed by atoms with Gasteiger partial charge in [0.05, 0.1) is 0 Å². The molecule has 0 bridgehead atoms. The molecule has 2 aromatic carbocycles. The Balaban J connectivity index is 2.26. The van der Waals surface area contributed by atoms with Crippen LogP contribution in [0.15, 0.2) is 54.6 Å². The van der Waals surface area contributed by atoms with Gasteiger partial charge in [-0.1, -0.05) is 42.5 Å². The molecule has 2 aromatic rings. The summed E-state index contributed by atoms with van der Waals surface area (Å²) >= 11 is 0. The van der Waals surface area contributed by atoms with Crippen LogP contribution >= 0.6 is 0 Å². The molecule has 0 radical (unpaired) electrons. The molecule has 17 heavy (non-hydrogen) atoms. The van der Waals surface area contributed by atoms with E-state index in [-0.39, 0.29) is 0 Å². The summed E-state index contributed by atoms with van der Waals surface area (Å²) in [6, 6.07) is 16.7. The molecule has 3 heteroatoms. The van der Waals surface area contributed by atoms with Crippen molar-refractivity contribution in [2.45, 2.75) is 0 Å². The molecular weight excluding hydrogens is 219 g/mol. The second-order valence-corrected chi connectivity index (χ2v) is 3.50. The first-order valence-electron chi connectivity index (χ1n) is 5.22. The first-order valence-corrected chi connectivity index (χ1v) is 5.22. The van der Waals surface area contributed by atoms with Crippen molar-refractivity contribution in [3.63, 3.8) is 0 Å². The molecule has 0 saturated heterocycles. The average Bonchev–Trinajstić information content (AvgIpc) is 2.40. The van der Waals surface area contributed by atoms with Crippen molar-refractivity contribution in [3.8, 4) is 16.9 Å². The molecule has 0 aliphatic carbocycles. The first-order chi connectivity index (χ1) is 8.29. The van der Waals surface area contributed by atoms with Crippen molar-refractivity contribution < 1.29 is 13.9 Å². The Kier molecular flexibility index (Phi) is 3.50. The van der Waals surface area contributed by atoms with Crippen molar-refractivity contribution in [2.75, 3.05) is 6.67 Å². The zero-order chi connectivity index (χ0) is 12.1. The summed E-state index contributed by atoms with van der Waals surface area (Å²) in [6.07, 6.45) is 0. The molecule has 2 nitrogen and oxygen atoms in total. The minimum atomic E-state index is -1.12. The summed E-state index contributed by atoms with van der Waals surface area (Å²) in [4.78, 5) is 10.8. The van der Waals surface area contributed by atoms with Gasteiger partial charge in [0.1, 0.15) is 5.75 Å². The standard InChI is InChI=1S/C14H11FO2/c15-10-14(16)17-13-8-4-7-12(9-13)11-5-2-1-3-6-11/h1-9H,10H2. The lowest BCUT2D eigenvalue weighted by molar-refractivity contribution is -0.135. The molecule has 0 atom stereocenters. The molecule has 0 saturated carbocycles. The lowest BCUT2D eigenvalue weighted by atomic mass is 10.1. The van der Waals surface area contributed by atoms with Crippen molar-refractivity contribution in [1.82, 2.24) is 0 Å². The Morgan fingerprint density at radius 3 is 2.41 bits per heavy atom. The highest BCUT2D eigenvalue weighted by atomic mass is 19.1. The predicted molar refractivity (Wildman–Crippen MR) is 63.5 cm³/mol. The van der Waals surface area contributed by atoms with Crippen LogP contribution in [-0.2, 0) is 4.79 Å². The molecular formula is C14H11FO2. The van der Waals surface area contributed by atoms with E-state index < -0.39 is 12.6 Å². The van der Waals surface area contributed by atoms with Crippen molar-refractivity contribution in [3.05, 3.63) is 54.6 Å². The molecule has 0 N–H and O–H groups in total.